The van der Waals surface area contributed by atoms with Gasteiger partial charge in [-0.25, -0.2) is 0 Å². The molecular weight excluding hydrogens is 368 g/mol. The first-order chi connectivity index (χ1) is 12.4. The highest BCUT2D eigenvalue weighted by atomic mass is 35.5. The number of ether oxygens (including phenoxy) is 2. The van der Waals surface area contributed by atoms with Crippen molar-refractivity contribution in [2.45, 2.75) is 26.1 Å². The molecule has 0 aliphatic rings. The normalized spacial score (nSPS) is 11.7. The quantitative estimate of drug-likeness (QED) is 0.732. The highest BCUT2D eigenvalue weighted by molar-refractivity contribution is 6.31. The van der Waals surface area contributed by atoms with Gasteiger partial charge in [0.15, 0.2) is 6.10 Å². The van der Waals surface area contributed by atoms with Crippen LogP contribution in [0.3, 0.4) is 0 Å². The van der Waals surface area contributed by atoms with Crippen molar-refractivity contribution in [2.75, 3.05) is 5.32 Å². The molecule has 8 heteroatoms. The van der Waals surface area contributed by atoms with Gasteiger partial charge in [0.05, 0.1) is 12.1 Å². The number of halogens is 3. The second-order valence-corrected chi connectivity index (χ2v) is 5.67. The van der Waals surface area contributed by atoms with Gasteiger partial charge in [0.25, 0.3) is 5.91 Å². The topological polar surface area (TPSA) is 64.6 Å². The Bertz CT molecular complexity index is 785. The van der Waals surface area contributed by atoms with Gasteiger partial charge in [-0.15, -0.1) is 0 Å². The molecule has 1 amide bonds. The summed E-state index contributed by atoms with van der Waals surface area (Å²) >= 11 is 5.97. The largest absolute Gasteiger partial charge is 0.452 e. The van der Waals surface area contributed by atoms with E-state index in [1.165, 1.54) is 25.1 Å². The summed E-state index contributed by atoms with van der Waals surface area (Å²) in [5, 5.41) is 2.81. The molecule has 0 saturated carbocycles. The summed E-state index contributed by atoms with van der Waals surface area (Å²) in [6, 6.07) is 12.5. The Morgan fingerprint density at radius 1 is 1.12 bits per heavy atom. The molecular formula is C18H16ClF2NO4. The molecule has 138 valence electrons. The fourth-order valence-electron chi connectivity index (χ4n) is 2.09. The number of carbonyl (C=O) groups is 2. The summed E-state index contributed by atoms with van der Waals surface area (Å²) in [5.74, 6) is -1.51. The zero-order valence-corrected chi connectivity index (χ0v) is 14.5. The highest BCUT2D eigenvalue weighted by Crippen LogP contribution is 2.25. The first-order valence-corrected chi connectivity index (χ1v) is 8.02. The molecule has 1 N–H and O–H groups in total. The van der Waals surface area contributed by atoms with E-state index in [4.69, 9.17) is 16.3 Å². The lowest BCUT2D eigenvalue weighted by Gasteiger charge is -2.16. The second kappa shape index (κ2) is 9.15. The molecule has 2 aromatic carbocycles. The van der Waals surface area contributed by atoms with Gasteiger partial charge in [-0.05, 0) is 30.7 Å². The number of hydrogen-bond acceptors (Lipinski definition) is 4. The first-order valence-electron chi connectivity index (χ1n) is 7.64. The molecule has 1 atom stereocenters. The van der Waals surface area contributed by atoms with Crippen molar-refractivity contribution in [1.82, 2.24) is 0 Å². The molecule has 5 nitrogen and oxygen atoms in total. The van der Waals surface area contributed by atoms with E-state index in [-0.39, 0.29) is 17.9 Å². The molecule has 0 unspecified atom stereocenters. The van der Waals surface area contributed by atoms with Crippen molar-refractivity contribution in [3.8, 4) is 5.75 Å². The van der Waals surface area contributed by atoms with Crippen LogP contribution in [0.25, 0.3) is 0 Å². The molecule has 26 heavy (non-hydrogen) atoms. The molecule has 0 radical (unpaired) electrons. The molecule has 0 bridgehead atoms. The number of nitrogens with one attached hydrogen (secondary N) is 1. The van der Waals surface area contributed by atoms with Crippen molar-refractivity contribution in [2.24, 2.45) is 0 Å². The van der Waals surface area contributed by atoms with E-state index in [2.05, 4.69) is 10.1 Å². The van der Waals surface area contributed by atoms with Crippen LogP contribution in [0.4, 0.5) is 14.5 Å². The Labute approximate surface area is 153 Å². The monoisotopic (exact) mass is 383 g/mol. The van der Waals surface area contributed by atoms with Crippen LogP contribution in [0, 0.1) is 0 Å². The number of para-hydroxylation sites is 2. The van der Waals surface area contributed by atoms with Gasteiger partial charge >= 0.3 is 12.6 Å². The summed E-state index contributed by atoms with van der Waals surface area (Å²) < 4.78 is 34.2. The smallest absolute Gasteiger partial charge is 0.387 e. The number of benzene rings is 2. The molecule has 0 saturated heterocycles. The van der Waals surface area contributed by atoms with Gasteiger partial charge in [-0.1, -0.05) is 41.9 Å². The van der Waals surface area contributed by atoms with Crippen LogP contribution in [-0.4, -0.2) is 24.6 Å². The Hall–Kier alpha value is -2.67. The van der Waals surface area contributed by atoms with E-state index in [0.29, 0.717) is 10.6 Å². The summed E-state index contributed by atoms with van der Waals surface area (Å²) in [6.45, 7) is -1.66. The number of rotatable bonds is 7. The Morgan fingerprint density at radius 3 is 2.46 bits per heavy atom. The van der Waals surface area contributed by atoms with Gasteiger partial charge in [0.1, 0.15) is 5.75 Å². The Morgan fingerprint density at radius 2 is 1.77 bits per heavy atom. The van der Waals surface area contributed by atoms with Crippen molar-refractivity contribution in [3.05, 3.63) is 59.1 Å². The lowest BCUT2D eigenvalue weighted by Crippen LogP contribution is -2.30. The molecule has 0 heterocycles. The minimum atomic E-state index is -3.03. The molecule has 2 rings (SSSR count). The first kappa shape index (κ1) is 19.7. The van der Waals surface area contributed by atoms with Gasteiger partial charge in [-0.2, -0.15) is 8.78 Å². The number of hydrogen-bond donors (Lipinski definition) is 1. The minimum absolute atomic E-state index is 0.0480. The number of esters is 1. The fourth-order valence-corrected chi connectivity index (χ4v) is 2.30. The summed E-state index contributed by atoms with van der Waals surface area (Å²) in [6.07, 6.45) is -1.23. The van der Waals surface area contributed by atoms with Crippen LogP contribution >= 0.6 is 11.6 Å². The van der Waals surface area contributed by atoms with Crippen LogP contribution in [-0.2, 0) is 20.7 Å². The zero-order chi connectivity index (χ0) is 19.1. The third-order valence-electron chi connectivity index (χ3n) is 3.33. The van der Waals surface area contributed by atoms with Crippen molar-refractivity contribution in [1.29, 1.82) is 0 Å². The number of alkyl halides is 2. The van der Waals surface area contributed by atoms with Crippen molar-refractivity contribution in [3.63, 3.8) is 0 Å². The van der Waals surface area contributed by atoms with Crippen molar-refractivity contribution < 1.29 is 27.8 Å². The maximum atomic E-state index is 12.4. The standard InChI is InChI=1S/C18H16ClF2NO4/c1-11(25-16(23)10-12-6-2-3-7-13(12)19)17(24)22-14-8-4-5-9-15(14)26-18(20)21/h2-9,11,18H,10H2,1H3,(H,22,24)/t11-/m0/s1. The predicted molar refractivity (Wildman–Crippen MR) is 92.4 cm³/mol. The molecule has 0 aliphatic heterocycles. The summed E-state index contributed by atoms with van der Waals surface area (Å²) in [4.78, 5) is 24.1. The number of anilines is 1. The number of amides is 1. The predicted octanol–water partition coefficient (Wildman–Crippen LogP) is 4.05. The van der Waals surface area contributed by atoms with E-state index < -0.39 is 24.6 Å². The third-order valence-corrected chi connectivity index (χ3v) is 3.70. The van der Waals surface area contributed by atoms with Crippen LogP contribution in [0.5, 0.6) is 5.75 Å². The summed E-state index contributed by atoms with van der Waals surface area (Å²) in [7, 11) is 0. The van der Waals surface area contributed by atoms with E-state index >= 15 is 0 Å². The van der Waals surface area contributed by atoms with E-state index in [1.54, 1.807) is 30.3 Å². The maximum absolute atomic E-state index is 12.4. The van der Waals surface area contributed by atoms with E-state index in [1.807, 2.05) is 0 Å². The van der Waals surface area contributed by atoms with Gasteiger partial charge < -0.3 is 14.8 Å². The number of carbonyl (C=O) groups excluding carboxylic acids is 2. The summed E-state index contributed by atoms with van der Waals surface area (Å²) in [5.41, 5.74) is 0.620. The molecule has 0 aromatic heterocycles. The Kier molecular flexibility index (Phi) is 6.91. The average Bonchev–Trinajstić information content (AvgIpc) is 2.58. The molecule has 0 fully saturated rings. The van der Waals surface area contributed by atoms with Crippen LogP contribution < -0.4 is 10.1 Å². The minimum Gasteiger partial charge on any atom is -0.452 e. The van der Waals surface area contributed by atoms with E-state index in [0.717, 1.165) is 0 Å². The van der Waals surface area contributed by atoms with E-state index in [9.17, 15) is 18.4 Å². The van der Waals surface area contributed by atoms with Gasteiger partial charge in [-0.3, -0.25) is 9.59 Å². The lowest BCUT2D eigenvalue weighted by molar-refractivity contribution is -0.152. The van der Waals surface area contributed by atoms with Crippen molar-refractivity contribution >= 4 is 29.2 Å². The third kappa shape index (κ3) is 5.70. The molecule has 0 aliphatic carbocycles. The second-order valence-electron chi connectivity index (χ2n) is 5.26. The van der Waals surface area contributed by atoms with Crippen LogP contribution in [0.2, 0.25) is 5.02 Å². The lowest BCUT2D eigenvalue weighted by atomic mass is 10.1. The molecule has 0 spiro atoms. The Balaban J connectivity index is 1.95. The van der Waals surface area contributed by atoms with Crippen LogP contribution in [0.15, 0.2) is 48.5 Å². The van der Waals surface area contributed by atoms with Crippen LogP contribution in [0.1, 0.15) is 12.5 Å². The highest BCUT2D eigenvalue weighted by Gasteiger charge is 2.20. The average molecular weight is 384 g/mol. The fraction of sp³-hybridized carbons (Fsp3) is 0.222. The SMILES string of the molecule is C[C@H](OC(=O)Cc1ccccc1Cl)C(=O)Nc1ccccc1OC(F)F. The molecule has 2 aromatic rings. The zero-order valence-electron chi connectivity index (χ0n) is 13.7. The maximum Gasteiger partial charge on any atom is 0.387 e. The van der Waals surface area contributed by atoms with Gasteiger partial charge in [0, 0.05) is 5.02 Å². The van der Waals surface area contributed by atoms with Gasteiger partial charge in [0.2, 0.25) is 0 Å².